The van der Waals surface area contributed by atoms with E-state index in [1.807, 2.05) is 67.6 Å². The number of hydrogen-bond donors (Lipinski definition) is 4. The van der Waals surface area contributed by atoms with Gasteiger partial charge in [-0.15, -0.1) is 0 Å². The SMILES string of the molecule is Cc1ccc([C@@H]2O[C@H](CO)[C@@H](O)[C@H](O)[C@H]2O)cc1Cc1ccc(OCC2Cc3ccccc3O2)cc1. The fourth-order valence-corrected chi connectivity index (χ4v) is 4.90. The minimum Gasteiger partial charge on any atom is -0.490 e. The van der Waals surface area contributed by atoms with Crippen LogP contribution < -0.4 is 9.47 Å². The zero-order valence-electron chi connectivity index (χ0n) is 20.2. The topological polar surface area (TPSA) is 109 Å². The molecule has 2 aliphatic rings. The highest BCUT2D eigenvalue weighted by molar-refractivity contribution is 5.39. The molecular weight excluding hydrogens is 460 g/mol. The molecule has 3 aromatic rings. The number of ether oxygens (including phenoxy) is 3. The Balaban J connectivity index is 1.22. The van der Waals surface area contributed by atoms with E-state index in [0.717, 1.165) is 34.6 Å². The van der Waals surface area contributed by atoms with Crippen LogP contribution in [-0.4, -0.2) is 64.2 Å². The maximum absolute atomic E-state index is 10.5. The predicted octanol–water partition coefficient (Wildman–Crippen LogP) is 2.48. The van der Waals surface area contributed by atoms with Crippen molar-refractivity contribution in [3.8, 4) is 11.5 Å². The maximum atomic E-state index is 10.5. The molecule has 5 rings (SSSR count). The van der Waals surface area contributed by atoms with Gasteiger partial charge in [0.05, 0.1) is 6.61 Å². The van der Waals surface area contributed by atoms with Crippen molar-refractivity contribution in [2.45, 2.75) is 56.4 Å². The van der Waals surface area contributed by atoms with Gasteiger partial charge in [0.15, 0.2) is 0 Å². The van der Waals surface area contributed by atoms with E-state index in [4.69, 9.17) is 14.2 Å². The summed E-state index contributed by atoms with van der Waals surface area (Å²) in [6.45, 7) is 2.05. The lowest BCUT2D eigenvalue weighted by atomic mass is 9.89. The molecule has 0 amide bonds. The third-order valence-corrected chi connectivity index (χ3v) is 7.06. The third-order valence-electron chi connectivity index (χ3n) is 7.06. The van der Waals surface area contributed by atoms with Gasteiger partial charge in [0, 0.05) is 6.42 Å². The summed E-state index contributed by atoms with van der Waals surface area (Å²) in [7, 11) is 0. The van der Waals surface area contributed by atoms with Gasteiger partial charge in [-0.05, 0) is 59.4 Å². The molecule has 1 unspecified atom stereocenters. The molecule has 190 valence electrons. The first-order valence-corrected chi connectivity index (χ1v) is 12.3. The first-order chi connectivity index (χ1) is 17.4. The van der Waals surface area contributed by atoms with Crippen LogP contribution in [0.5, 0.6) is 11.5 Å². The van der Waals surface area contributed by atoms with Crippen LogP contribution in [0.2, 0.25) is 0 Å². The number of aliphatic hydroxyl groups is 4. The van der Waals surface area contributed by atoms with Crippen LogP contribution in [0.25, 0.3) is 0 Å². The number of hydrogen-bond acceptors (Lipinski definition) is 7. The highest BCUT2D eigenvalue weighted by Crippen LogP contribution is 2.34. The van der Waals surface area contributed by atoms with Gasteiger partial charge in [-0.3, -0.25) is 0 Å². The van der Waals surface area contributed by atoms with E-state index in [-0.39, 0.29) is 6.10 Å². The maximum Gasteiger partial charge on any atom is 0.137 e. The van der Waals surface area contributed by atoms with Crippen molar-refractivity contribution >= 4 is 0 Å². The highest BCUT2D eigenvalue weighted by atomic mass is 16.5. The molecular formula is C29H32O7. The van der Waals surface area contributed by atoms with Crippen LogP contribution in [0, 0.1) is 6.92 Å². The van der Waals surface area contributed by atoms with Crippen molar-refractivity contribution < 1.29 is 34.6 Å². The van der Waals surface area contributed by atoms with Gasteiger partial charge in [-0.1, -0.05) is 48.5 Å². The van der Waals surface area contributed by atoms with Gasteiger partial charge in [0.25, 0.3) is 0 Å². The van der Waals surface area contributed by atoms with Crippen LogP contribution in [0.1, 0.15) is 33.9 Å². The first kappa shape index (κ1) is 24.7. The molecule has 2 aliphatic heterocycles. The minimum atomic E-state index is -1.40. The average Bonchev–Trinajstić information content (AvgIpc) is 3.32. The standard InChI is InChI=1S/C29H32O7/c1-17-6-9-20(29-28(33)27(32)26(31)25(15-30)36-29)13-21(17)12-18-7-10-22(11-8-18)34-16-23-14-19-4-2-3-5-24(19)35-23/h2-11,13,23,25-33H,12,14-16H2,1H3/t23?,25-,26-,27+,28-,29+/m1/s1. The fourth-order valence-electron chi connectivity index (χ4n) is 4.90. The second-order valence-electron chi connectivity index (χ2n) is 9.62. The summed E-state index contributed by atoms with van der Waals surface area (Å²) in [5.41, 5.74) is 5.13. The third kappa shape index (κ3) is 5.12. The molecule has 2 heterocycles. The molecule has 0 bridgehead atoms. The van der Waals surface area contributed by atoms with Crippen molar-refractivity contribution in [2.24, 2.45) is 0 Å². The zero-order chi connectivity index (χ0) is 25.2. The Bertz CT molecular complexity index is 1150. The van der Waals surface area contributed by atoms with Gasteiger partial charge in [-0.2, -0.15) is 0 Å². The van der Waals surface area contributed by atoms with Crippen molar-refractivity contribution in [2.75, 3.05) is 13.2 Å². The molecule has 0 aromatic heterocycles. The summed E-state index contributed by atoms with van der Waals surface area (Å²) in [6.07, 6.45) is -4.34. The monoisotopic (exact) mass is 492 g/mol. The quantitative estimate of drug-likeness (QED) is 0.401. The number of benzene rings is 3. The highest BCUT2D eigenvalue weighted by Gasteiger charge is 2.44. The van der Waals surface area contributed by atoms with Crippen molar-refractivity contribution in [3.05, 3.63) is 94.5 Å². The van der Waals surface area contributed by atoms with Crippen molar-refractivity contribution in [1.29, 1.82) is 0 Å². The van der Waals surface area contributed by atoms with Crippen LogP contribution in [0.4, 0.5) is 0 Å². The molecule has 36 heavy (non-hydrogen) atoms. The molecule has 6 atom stereocenters. The van der Waals surface area contributed by atoms with E-state index >= 15 is 0 Å². The van der Waals surface area contributed by atoms with E-state index < -0.39 is 37.1 Å². The Labute approximate surface area is 210 Å². The van der Waals surface area contributed by atoms with Crippen LogP contribution in [-0.2, 0) is 17.6 Å². The zero-order valence-corrected chi connectivity index (χ0v) is 20.2. The number of para-hydroxylation sites is 1. The van der Waals surface area contributed by atoms with Gasteiger partial charge in [-0.25, -0.2) is 0 Å². The number of aliphatic hydroxyl groups excluding tert-OH is 4. The normalized spacial score (nSPS) is 27.4. The van der Waals surface area contributed by atoms with Crippen molar-refractivity contribution in [3.63, 3.8) is 0 Å². The Kier molecular flexibility index (Phi) is 7.27. The lowest BCUT2D eigenvalue weighted by Crippen LogP contribution is -2.55. The molecule has 7 nitrogen and oxygen atoms in total. The number of fused-ring (bicyclic) bond motifs is 1. The molecule has 1 fully saturated rings. The predicted molar refractivity (Wildman–Crippen MR) is 133 cm³/mol. The van der Waals surface area contributed by atoms with E-state index in [0.29, 0.717) is 18.6 Å². The molecule has 0 radical (unpaired) electrons. The van der Waals surface area contributed by atoms with Gasteiger partial charge >= 0.3 is 0 Å². The van der Waals surface area contributed by atoms with Gasteiger partial charge in [0.1, 0.15) is 54.7 Å². The second-order valence-corrected chi connectivity index (χ2v) is 9.62. The molecule has 3 aromatic carbocycles. The summed E-state index contributed by atoms with van der Waals surface area (Å²) in [5, 5.41) is 40.2. The smallest absolute Gasteiger partial charge is 0.137 e. The Morgan fingerprint density at radius 1 is 0.917 bits per heavy atom. The second kappa shape index (κ2) is 10.6. The summed E-state index contributed by atoms with van der Waals surface area (Å²) in [5.74, 6) is 1.72. The van der Waals surface area contributed by atoms with E-state index in [1.54, 1.807) is 0 Å². The van der Waals surface area contributed by atoms with E-state index in [1.165, 1.54) is 5.56 Å². The van der Waals surface area contributed by atoms with Crippen LogP contribution in [0.3, 0.4) is 0 Å². The number of aryl methyl sites for hydroxylation is 1. The average molecular weight is 493 g/mol. The Morgan fingerprint density at radius 2 is 1.69 bits per heavy atom. The van der Waals surface area contributed by atoms with Gasteiger partial charge < -0.3 is 34.6 Å². The molecule has 4 N–H and O–H groups in total. The van der Waals surface area contributed by atoms with E-state index in [9.17, 15) is 20.4 Å². The minimum absolute atomic E-state index is 0.00915. The Hall–Kier alpha value is -2.94. The summed E-state index contributed by atoms with van der Waals surface area (Å²) in [6, 6.07) is 21.8. The summed E-state index contributed by atoms with van der Waals surface area (Å²) >= 11 is 0. The molecule has 0 aliphatic carbocycles. The molecule has 7 heteroatoms. The molecule has 1 saturated heterocycles. The van der Waals surface area contributed by atoms with Gasteiger partial charge in [0.2, 0.25) is 0 Å². The van der Waals surface area contributed by atoms with Crippen molar-refractivity contribution in [1.82, 2.24) is 0 Å². The summed E-state index contributed by atoms with van der Waals surface area (Å²) < 4.78 is 17.6. The van der Waals surface area contributed by atoms with Crippen LogP contribution >= 0.6 is 0 Å². The Morgan fingerprint density at radius 3 is 2.44 bits per heavy atom. The first-order valence-electron chi connectivity index (χ1n) is 12.3. The lowest BCUT2D eigenvalue weighted by molar-refractivity contribution is -0.231. The van der Waals surface area contributed by atoms with Crippen LogP contribution in [0.15, 0.2) is 66.7 Å². The lowest BCUT2D eigenvalue weighted by Gasteiger charge is -2.40. The molecule has 0 spiro atoms. The fraction of sp³-hybridized carbons (Fsp3) is 0.379. The van der Waals surface area contributed by atoms with E-state index in [2.05, 4.69) is 6.07 Å². The summed E-state index contributed by atoms with van der Waals surface area (Å²) in [4.78, 5) is 0. The number of rotatable bonds is 7. The largest absolute Gasteiger partial charge is 0.490 e. The molecule has 0 saturated carbocycles.